The fourth-order valence-electron chi connectivity index (χ4n) is 1.84. The van der Waals surface area contributed by atoms with E-state index in [-0.39, 0.29) is 16.3 Å². The molecule has 0 fully saturated rings. The number of hydrogen-bond donors (Lipinski definition) is 1. The van der Waals surface area contributed by atoms with E-state index in [4.69, 9.17) is 0 Å². The fraction of sp³-hybridized carbons (Fsp3) is 0.133. The summed E-state index contributed by atoms with van der Waals surface area (Å²) >= 11 is 0.751. The van der Waals surface area contributed by atoms with Crippen molar-refractivity contribution in [2.24, 2.45) is 0 Å². The molecule has 2 aromatic rings. The molecule has 0 atom stereocenters. The first-order chi connectivity index (χ1) is 11.7. The Morgan fingerprint density at radius 1 is 1.12 bits per heavy atom. The molecule has 0 spiro atoms. The minimum Gasteiger partial charge on any atom is -0.324 e. The fourth-order valence-corrected chi connectivity index (χ4v) is 3.44. The van der Waals surface area contributed by atoms with Gasteiger partial charge in [-0.1, -0.05) is 12.1 Å². The Morgan fingerprint density at radius 3 is 2.44 bits per heavy atom. The predicted molar refractivity (Wildman–Crippen MR) is 85.3 cm³/mol. The number of thioether (sulfide) groups is 1. The van der Waals surface area contributed by atoms with Crippen molar-refractivity contribution in [2.75, 3.05) is 11.1 Å². The number of carbonyl (C=O) groups is 1. The van der Waals surface area contributed by atoms with Crippen LogP contribution < -0.4 is 5.32 Å². The number of para-hydroxylation sites is 1. The third-order valence-electron chi connectivity index (χ3n) is 2.95. The Morgan fingerprint density at radius 2 is 1.80 bits per heavy atom. The molecule has 0 aliphatic rings. The molecule has 1 amide bonds. The molecule has 0 radical (unpaired) electrons. The van der Waals surface area contributed by atoms with Crippen molar-refractivity contribution in [3.8, 4) is 0 Å². The number of alkyl halides is 2. The van der Waals surface area contributed by atoms with Gasteiger partial charge < -0.3 is 5.32 Å². The highest BCUT2D eigenvalue weighted by molar-refractivity contribution is 8.00. The van der Waals surface area contributed by atoms with Gasteiger partial charge in [-0.2, -0.15) is 8.78 Å². The molecule has 0 unspecified atom stereocenters. The van der Waals surface area contributed by atoms with Crippen molar-refractivity contribution in [3.63, 3.8) is 0 Å². The smallest absolute Gasteiger partial charge is 0.324 e. The van der Waals surface area contributed by atoms with Crippen molar-refractivity contribution >= 4 is 33.2 Å². The second-order valence-electron chi connectivity index (χ2n) is 4.71. The third-order valence-corrected chi connectivity index (χ3v) is 5.44. The second-order valence-corrected chi connectivity index (χ2v) is 7.62. The number of amides is 1. The summed E-state index contributed by atoms with van der Waals surface area (Å²) in [6.45, 7) is 0. The SMILES string of the molecule is O=C(CSc1ccc(F)cc1F)Nc1ccccc1S(=O)(=O)C(F)F. The predicted octanol–water partition coefficient (Wildman–Crippen LogP) is 3.69. The maximum atomic E-state index is 13.5. The van der Waals surface area contributed by atoms with Gasteiger partial charge in [0, 0.05) is 11.0 Å². The standard InChI is InChI=1S/C15H11F4NO3S2/c16-9-5-6-12(10(17)7-9)24-8-14(21)20-11-3-1-2-4-13(11)25(22,23)15(18)19/h1-7,15H,8H2,(H,20,21). The van der Waals surface area contributed by atoms with E-state index in [0.29, 0.717) is 6.07 Å². The first kappa shape index (κ1) is 19.3. The van der Waals surface area contributed by atoms with Crippen LogP contribution in [-0.2, 0) is 14.6 Å². The zero-order valence-corrected chi connectivity index (χ0v) is 14.0. The molecule has 1 N–H and O–H groups in total. The largest absolute Gasteiger partial charge is 0.341 e. The summed E-state index contributed by atoms with van der Waals surface area (Å²) in [5.41, 5.74) is -0.298. The lowest BCUT2D eigenvalue weighted by molar-refractivity contribution is -0.113. The number of sulfone groups is 1. The van der Waals surface area contributed by atoms with E-state index in [9.17, 15) is 30.8 Å². The molecule has 2 rings (SSSR count). The van der Waals surface area contributed by atoms with Crippen molar-refractivity contribution in [2.45, 2.75) is 15.5 Å². The summed E-state index contributed by atoms with van der Waals surface area (Å²) in [6, 6.07) is 7.55. The molecule has 4 nitrogen and oxygen atoms in total. The van der Waals surface area contributed by atoms with Gasteiger partial charge >= 0.3 is 5.76 Å². The van der Waals surface area contributed by atoms with Crippen LogP contribution in [0.25, 0.3) is 0 Å². The van der Waals surface area contributed by atoms with Crippen LogP contribution in [0, 0.1) is 11.6 Å². The van der Waals surface area contributed by atoms with Crippen LogP contribution in [0.1, 0.15) is 0 Å². The number of hydrogen-bond acceptors (Lipinski definition) is 4. The Labute approximate surface area is 145 Å². The minimum absolute atomic E-state index is 0.0186. The molecular weight excluding hydrogens is 382 g/mol. The molecular formula is C15H11F4NO3S2. The molecule has 0 aliphatic heterocycles. The van der Waals surface area contributed by atoms with Crippen LogP contribution in [-0.4, -0.2) is 25.8 Å². The second kappa shape index (κ2) is 7.87. The monoisotopic (exact) mass is 393 g/mol. The van der Waals surface area contributed by atoms with Crippen LogP contribution in [0.2, 0.25) is 0 Å². The van der Waals surface area contributed by atoms with Gasteiger partial charge in [0.25, 0.3) is 0 Å². The Balaban J connectivity index is 2.11. The van der Waals surface area contributed by atoms with E-state index >= 15 is 0 Å². The lowest BCUT2D eigenvalue weighted by Crippen LogP contribution is -2.19. The summed E-state index contributed by atoms with van der Waals surface area (Å²) in [7, 11) is -4.89. The van der Waals surface area contributed by atoms with Gasteiger partial charge in [-0.25, -0.2) is 17.2 Å². The molecule has 0 heterocycles. The summed E-state index contributed by atoms with van der Waals surface area (Å²) in [5, 5.41) is 2.20. The number of nitrogens with one attached hydrogen (secondary N) is 1. The van der Waals surface area contributed by atoms with E-state index in [1.807, 2.05) is 0 Å². The number of halogens is 4. The van der Waals surface area contributed by atoms with Crippen molar-refractivity contribution < 1.29 is 30.8 Å². The summed E-state index contributed by atoms with van der Waals surface area (Å²) < 4.78 is 74.9. The highest BCUT2D eigenvalue weighted by Crippen LogP contribution is 2.27. The maximum Gasteiger partial charge on any atom is 0.341 e. The van der Waals surface area contributed by atoms with Crippen LogP contribution in [0.4, 0.5) is 23.2 Å². The van der Waals surface area contributed by atoms with Crippen LogP contribution in [0.3, 0.4) is 0 Å². The Bertz CT molecular complexity index is 888. The number of benzene rings is 2. The number of anilines is 1. The number of carbonyl (C=O) groups excluding carboxylic acids is 1. The molecule has 10 heteroatoms. The van der Waals surface area contributed by atoms with E-state index < -0.39 is 38.0 Å². The van der Waals surface area contributed by atoms with E-state index in [1.54, 1.807) is 0 Å². The Hall–Kier alpha value is -2.07. The quantitative estimate of drug-likeness (QED) is 0.601. The van der Waals surface area contributed by atoms with Gasteiger partial charge in [-0.15, -0.1) is 11.8 Å². The van der Waals surface area contributed by atoms with Gasteiger partial charge in [0.2, 0.25) is 15.7 Å². The van der Waals surface area contributed by atoms with E-state index in [2.05, 4.69) is 5.32 Å². The van der Waals surface area contributed by atoms with Crippen molar-refractivity contribution in [1.82, 2.24) is 0 Å². The molecule has 0 bridgehead atoms. The molecule has 0 aliphatic carbocycles. The zero-order chi connectivity index (χ0) is 18.6. The van der Waals surface area contributed by atoms with Crippen LogP contribution in [0.15, 0.2) is 52.3 Å². The molecule has 0 saturated carbocycles. The van der Waals surface area contributed by atoms with Crippen LogP contribution >= 0.6 is 11.8 Å². The first-order valence-corrected chi connectivity index (χ1v) is 9.24. The number of rotatable bonds is 6. The zero-order valence-electron chi connectivity index (χ0n) is 12.4. The van der Waals surface area contributed by atoms with Gasteiger partial charge in [0.05, 0.1) is 16.3 Å². The van der Waals surface area contributed by atoms with Gasteiger partial charge in [0.1, 0.15) is 11.6 Å². The van der Waals surface area contributed by atoms with Crippen molar-refractivity contribution in [3.05, 3.63) is 54.1 Å². The topological polar surface area (TPSA) is 63.2 Å². The average Bonchev–Trinajstić information content (AvgIpc) is 2.54. The third kappa shape index (κ3) is 4.73. The highest BCUT2D eigenvalue weighted by Gasteiger charge is 2.29. The lowest BCUT2D eigenvalue weighted by atomic mass is 10.3. The molecule has 25 heavy (non-hydrogen) atoms. The lowest BCUT2D eigenvalue weighted by Gasteiger charge is -2.11. The van der Waals surface area contributed by atoms with Crippen molar-refractivity contribution in [1.29, 1.82) is 0 Å². The molecule has 0 aromatic heterocycles. The van der Waals surface area contributed by atoms with Gasteiger partial charge in [-0.05, 0) is 24.3 Å². The van der Waals surface area contributed by atoms with Crippen LogP contribution in [0.5, 0.6) is 0 Å². The molecule has 134 valence electrons. The van der Waals surface area contributed by atoms with E-state index in [1.165, 1.54) is 12.1 Å². The maximum absolute atomic E-state index is 13.5. The highest BCUT2D eigenvalue weighted by atomic mass is 32.2. The average molecular weight is 393 g/mol. The minimum atomic E-state index is -4.89. The summed E-state index contributed by atoms with van der Waals surface area (Å²) in [6.07, 6.45) is 0. The first-order valence-electron chi connectivity index (χ1n) is 6.70. The van der Waals surface area contributed by atoms with Gasteiger partial charge in [0.15, 0.2) is 0 Å². The Kier molecular flexibility index (Phi) is 6.07. The van der Waals surface area contributed by atoms with E-state index in [0.717, 1.165) is 36.0 Å². The normalized spacial score (nSPS) is 11.6. The molecule has 0 saturated heterocycles. The van der Waals surface area contributed by atoms with Gasteiger partial charge in [-0.3, -0.25) is 4.79 Å². The molecule has 2 aromatic carbocycles. The summed E-state index contributed by atoms with van der Waals surface area (Å²) in [5.74, 6) is -6.30. The summed E-state index contributed by atoms with van der Waals surface area (Å²) in [4.78, 5) is 11.2.